The fraction of sp³-hybridized carbons (Fsp3) is 0.875. The molecular formula is C16H27NO3. The summed E-state index contributed by atoms with van der Waals surface area (Å²) < 4.78 is 0. The Balaban J connectivity index is 1.87. The minimum absolute atomic E-state index is 0.0444. The molecule has 1 amide bonds. The van der Waals surface area contributed by atoms with Crippen molar-refractivity contribution >= 4 is 11.7 Å². The predicted octanol–water partition coefficient (Wildman–Crippen LogP) is 2.05. The molecule has 0 aromatic carbocycles. The molecule has 0 aromatic heterocycles. The molecular weight excluding hydrogens is 254 g/mol. The summed E-state index contributed by atoms with van der Waals surface area (Å²) in [6.07, 6.45) is 5.41. The van der Waals surface area contributed by atoms with Crippen LogP contribution in [0.2, 0.25) is 0 Å². The van der Waals surface area contributed by atoms with E-state index in [1.807, 2.05) is 6.92 Å². The third-order valence-corrected chi connectivity index (χ3v) is 5.25. The number of hydrogen-bond acceptors (Lipinski definition) is 3. The zero-order valence-electron chi connectivity index (χ0n) is 12.7. The van der Waals surface area contributed by atoms with E-state index in [4.69, 9.17) is 0 Å². The minimum Gasteiger partial charge on any atom is -0.392 e. The molecule has 0 heterocycles. The van der Waals surface area contributed by atoms with Gasteiger partial charge in [0.2, 0.25) is 5.91 Å². The van der Waals surface area contributed by atoms with Crippen LogP contribution in [-0.2, 0) is 9.59 Å². The van der Waals surface area contributed by atoms with Crippen LogP contribution in [0.15, 0.2) is 0 Å². The Morgan fingerprint density at radius 1 is 1.40 bits per heavy atom. The van der Waals surface area contributed by atoms with Gasteiger partial charge in [0.15, 0.2) is 0 Å². The Labute approximate surface area is 121 Å². The summed E-state index contributed by atoms with van der Waals surface area (Å²) in [5, 5.41) is 13.2. The second kappa shape index (κ2) is 6.25. The lowest BCUT2D eigenvalue weighted by Crippen LogP contribution is -2.47. The molecule has 0 radical (unpaired) electrons. The number of amides is 1. The lowest BCUT2D eigenvalue weighted by atomic mass is 9.73. The Hall–Kier alpha value is -0.900. The number of rotatable bonds is 3. The topological polar surface area (TPSA) is 66.4 Å². The van der Waals surface area contributed by atoms with E-state index in [-0.39, 0.29) is 35.0 Å². The van der Waals surface area contributed by atoms with Crippen LogP contribution in [0.3, 0.4) is 0 Å². The van der Waals surface area contributed by atoms with Crippen LogP contribution >= 0.6 is 0 Å². The second-order valence-corrected chi connectivity index (χ2v) is 7.00. The summed E-state index contributed by atoms with van der Waals surface area (Å²) in [5.74, 6) is 0.428. The first kappa shape index (κ1) is 15.5. The van der Waals surface area contributed by atoms with Crippen LogP contribution in [0.4, 0.5) is 0 Å². The number of carbonyl (C=O) groups excluding carboxylic acids is 2. The highest BCUT2D eigenvalue weighted by Gasteiger charge is 2.37. The van der Waals surface area contributed by atoms with Gasteiger partial charge in [-0.1, -0.05) is 26.7 Å². The fourth-order valence-corrected chi connectivity index (χ4v) is 3.60. The van der Waals surface area contributed by atoms with Gasteiger partial charge >= 0.3 is 0 Å². The molecule has 0 aliphatic heterocycles. The van der Waals surface area contributed by atoms with Crippen LogP contribution in [0.25, 0.3) is 0 Å². The lowest BCUT2D eigenvalue weighted by molar-refractivity contribution is -0.131. The van der Waals surface area contributed by atoms with E-state index >= 15 is 0 Å². The van der Waals surface area contributed by atoms with Gasteiger partial charge in [0, 0.05) is 30.7 Å². The zero-order valence-corrected chi connectivity index (χ0v) is 12.7. The number of hydrogen-bond donors (Lipinski definition) is 2. The average Bonchev–Trinajstić information content (AvgIpc) is 2.40. The highest BCUT2D eigenvalue weighted by atomic mass is 16.3. The van der Waals surface area contributed by atoms with Crippen LogP contribution in [-0.4, -0.2) is 29.4 Å². The number of aliphatic hydroxyl groups is 1. The average molecular weight is 281 g/mol. The Kier molecular flexibility index (Phi) is 4.84. The molecule has 2 aliphatic carbocycles. The number of carbonyl (C=O) groups is 2. The summed E-state index contributed by atoms with van der Waals surface area (Å²) in [6, 6.07) is 0. The van der Waals surface area contributed by atoms with Crippen LogP contribution < -0.4 is 5.32 Å². The summed E-state index contributed by atoms with van der Waals surface area (Å²) in [4.78, 5) is 23.7. The van der Waals surface area contributed by atoms with Gasteiger partial charge in [0.25, 0.3) is 0 Å². The van der Waals surface area contributed by atoms with Crippen LogP contribution in [0.1, 0.15) is 58.8 Å². The van der Waals surface area contributed by atoms with Gasteiger partial charge in [-0.05, 0) is 25.2 Å². The van der Waals surface area contributed by atoms with Gasteiger partial charge in [-0.2, -0.15) is 0 Å². The van der Waals surface area contributed by atoms with Crippen molar-refractivity contribution in [1.29, 1.82) is 0 Å². The molecule has 2 fully saturated rings. The quantitative estimate of drug-likeness (QED) is 0.832. The molecule has 4 atom stereocenters. The van der Waals surface area contributed by atoms with E-state index < -0.39 is 0 Å². The van der Waals surface area contributed by atoms with Crippen molar-refractivity contribution < 1.29 is 14.7 Å². The molecule has 2 aliphatic rings. The number of nitrogens with one attached hydrogen (secondary N) is 1. The maximum absolute atomic E-state index is 12.3. The molecule has 2 rings (SSSR count). The van der Waals surface area contributed by atoms with E-state index in [9.17, 15) is 14.7 Å². The summed E-state index contributed by atoms with van der Waals surface area (Å²) in [7, 11) is 0. The lowest BCUT2D eigenvalue weighted by Gasteiger charge is -2.39. The van der Waals surface area contributed by atoms with Gasteiger partial charge in [-0.25, -0.2) is 0 Å². The molecule has 114 valence electrons. The van der Waals surface area contributed by atoms with E-state index in [1.54, 1.807) is 0 Å². The Morgan fingerprint density at radius 2 is 2.15 bits per heavy atom. The smallest absolute Gasteiger partial charge is 0.223 e. The van der Waals surface area contributed by atoms with Gasteiger partial charge < -0.3 is 10.4 Å². The molecule has 2 N–H and O–H groups in total. The molecule has 4 unspecified atom stereocenters. The first-order valence-corrected chi connectivity index (χ1v) is 7.90. The standard InChI is InChI=1S/C16H27NO3/c1-11-9-12(18)6-7-13(11)15(20)17-10-16(2)8-4-3-5-14(16)19/h11,13-14,19H,3-10H2,1-2H3,(H,17,20). The normalized spacial score (nSPS) is 38.5. The number of ketones is 1. The first-order valence-electron chi connectivity index (χ1n) is 7.90. The molecule has 0 aromatic rings. The van der Waals surface area contributed by atoms with Crippen molar-refractivity contribution in [3.63, 3.8) is 0 Å². The molecule has 2 saturated carbocycles. The van der Waals surface area contributed by atoms with E-state index in [0.29, 0.717) is 25.8 Å². The molecule has 0 saturated heterocycles. The fourth-order valence-electron chi connectivity index (χ4n) is 3.60. The van der Waals surface area contributed by atoms with Crippen molar-refractivity contribution in [2.45, 2.75) is 64.9 Å². The summed E-state index contributed by atoms with van der Waals surface area (Å²) >= 11 is 0. The molecule has 20 heavy (non-hydrogen) atoms. The summed E-state index contributed by atoms with van der Waals surface area (Å²) in [6.45, 7) is 4.59. The highest BCUT2D eigenvalue weighted by Crippen LogP contribution is 2.36. The van der Waals surface area contributed by atoms with Crippen molar-refractivity contribution in [2.75, 3.05) is 6.54 Å². The van der Waals surface area contributed by atoms with Crippen molar-refractivity contribution in [3.8, 4) is 0 Å². The number of aliphatic hydroxyl groups excluding tert-OH is 1. The van der Waals surface area contributed by atoms with Gasteiger partial charge in [-0.15, -0.1) is 0 Å². The molecule has 4 heteroatoms. The third kappa shape index (κ3) is 3.40. The van der Waals surface area contributed by atoms with Crippen molar-refractivity contribution in [1.82, 2.24) is 5.32 Å². The zero-order chi connectivity index (χ0) is 14.8. The molecule has 0 bridgehead atoms. The number of Topliss-reactive ketones (excluding diaryl/α,β-unsaturated/α-hetero) is 1. The SMILES string of the molecule is CC1CC(=O)CCC1C(=O)NCC1(C)CCCCC1O. The third-order valence-electron chi connectivity index (χ3n) is 5.25. The van der Waals surface area contributed by atoms with Crippen LogP contribution in [0.5, 0.6) is 0 Å². The Morgan fingerprint density at radius 3 is 2.80 bits per heavy atom. The Bertz CT molecular complexity index is 382. The monoisotopic (exact) mass is 281 g/mol. The van der Waals surface area contributed by atoms with E-state index in [1.165, 1.54) is 0 Å². The van der Waals surface area contributed by atoms with Gasteiger partial charge in [-0.3, -0.25) is 9.59 Å². The van der Waals surface area contributed by atoms with Gasteiger partial charge in [0.1, 0.15) is 5.78 Å². The predicted molar refractivity (Wildman–Crippen MR) is 77.1 cm³/mol. The van der Waals surface area contributed by atoms with Crippen LogP contribution in [0, 0.1) is 17.3 Å². The maximum Gasteiger partial charge on any atom is 0.223 e. The van der Waals surface area contributed by atoms with Gasteiger partial charge in [0.05, 0.1) is 6.10 Å². The maximum atomic E-state index is 12.3. The van der Waals surface area contributed by atoms with E-state index in [2.05, 4.69) is 12.2 Å². The largest absolute Gasteiger partial charge is 0.392 e. The molecule has 4 nitrogen and oxygen atoms in total. The first-order chi connectivity index (χ1) is 9.42. The van der Waals surface area contributed by atoms with Crippen molar-refractivity contribution in [2.24, 2.45) is 17.3 Å². The minimum atomic E-state index is -0.318. The second-order valence-electron chi connectivity index (χ2n) is 7.00. The summed E-state index contributed by atoms with van der Waals surface area (Å²) in [5.41, 5.74) is -0.193. The van der Waals surface area contributed by atoms with Crippen molar-refractivity contribution in [3.05, 3.63) is 0 Å². The molecule has 0 spiro atoms. The van der Waals surface area contributed by atoms with E-state index in [0.717, 1.165) is 25.7 Å². The highest BCUT2D eigenvalue weighted by molar-refractivity contribution is 5.85.